The molecule has 1 saturated heterocycles. The van der Waals surface area contributed by atoms with Crippen LogP contribution in [0.15, 0.2) is 18.7 Å². The van der Waals surface area contributed by atoms with Crippen molar-refractivity contribution in [3.05, 3.63) is 18.7 Å². The molecule has 1 aliphatic rings. The summed E-state index contributed by atoms with van der Waals surface area (Å²) in [5.41, 5.74) is -0.0362. The van der Waals surface area contributed by atoms with Crippen molar-refractivity contribution >= 4 is 6.03 Å². The fourth-order valence-electron chi connectivity index (χ4n) is 2.36. The van der Waals surface area contributed by atoms with E-state index in [2.05, 4.69) is 36.4 Å². The molecule has 1 aromatic rings. The lowest BCUT2D eigenvalue weighted by atomic mass is 9.86. The molecule has 0 unspecified atom stereocenters. The van der Waals surface area contributed by atoms with Gasteiger partial charge in [0.05, 0.1) is 18.5 Å². The van der Waals surface area contributed by atoms with Crippen LogP contribution in [-0.2, 0) is 11.3 Å². The fraction of sp³-hybridized carbons (Fsp3) is 0.733. The van der Waals surface area contributed by atoms with Crippen molar-refractivity contribution < 1.29 is 9.53 Å². The maximum Gasteiger partial charge on any atom is 0.315 e. The van der Waals surface area contributed by atoms with E-state index in [-0.39, 0.29) is 23.6 Å². The number of urea groups is 1. The van der Waals surface area contributed by atoms with Crippen molar-refractivity contribution in [1.82, 2.24) is 20.2 Å². The van der Waals surface area contributed by atoms with Gasteiger partial charge >= 0.3 is 6.03 Å². The van der Waals surface area contributed by atoms with Gasteiger partial charge in [0.15, 0.2) is 0 Å². The zero-order valence-corrected chi connectivity index (χ0v) is 13.1. The van der Waals surface area contributed by atoms with Gasteiger partial charge in [0.1, 0.15) is 0 Å². The zero-order chi connectivity index (χ0) is 15.3. The maximum absolute atomic E-state index is 12.1. The standard InChI is InChI=1S/C15H26N4O2/c1-15(2,3)13(10-19-7-6-16-11-19)18-14(20)17-9-12-5-4-8-21-12/h6-7,11-13H,4-5,8-10H2,1-3H3,(H2,17,18,20)/t12-,13-/m1/s1. The first-order valence-electron chi connectivity index (χ1n) is 7.57. The Morgan fingerprint density at radius 2 is 2.33 bits per heavy atom. The number of hydrogen-bond acceptors (Lipinski definition) is 3. The summed E-state index contributed by atoms with van der Waals surface area (Å²) in [4.78, 5) is 16.1. The summed E-state index contributed by atoms with van der Waals surface area (Å²) in [6.07, 6.45) is 7.70. The molecule has 21 heavy (non-hydrogen) atoms. The molecule has 2 heterocycles. The van der Waals surface area contributed by atoms with Crippen molar-refractivity contribution in [2.75, 3.05) is 13.2 Å². The molecule has 2 rings (SSSR count). The topological polar surface area (TPSA) is 68.2 Å². The number of hydrogen-bond donors (Lipinski definition) is 2. The molecular weight excluding hydrogens is 268 g/mol. The summed E-state index contributed by atoms with van der Waals surface area (Å²) in [6, 6.07) is -0.110. The van der Waals surface area contributed by atoms with Crippen LogP contribution < -0.4 is 10.6 Å². The molecule has 2 N–H and O–H groups in total. The SMILES string of the molecule is CC(C)(C)[C@@H](Cn1ccnc1)NC(=O)NC[C@H]1CCCO1. The Kier molecular flexibility index (Phi) is 5.22. The first kappa shape index (κ1) is 15.8. The highest BCUT2D eigenvalue weighted by atomic mass is 16.5. The minimum absolute atomic E-state index is 0.0243. The van der Waals surface area contributed by atoms with Gasteiger partial charge in [-0.2, -0.15) is 0 Å². The predicted molar refractivity (Wildman–Crippen MR) is 81.0 cm³/mol. The van der Waals surface area contributed by atoms with E-state index in [0.717, 1.165) is 19.4 Å². The average molecular weight is 294 g/mol. The number of rotatable bonds is 5. The van der Waals surface area contributed by atoms with Gasteiger partial charge < -0.3 is 19.9 Å². The van der Waals surface area contributed by atoms with Crippen molar-refractivity contribution in [3.8, 4) is 0 Å². The highest BCUT2D eigenvalue weighted by molar-refractivity contribution is 5.74. The van der Waals surface area contributed by atoms with Gasteiger partial charge in [-0.05, 0) is 18.3 Å². The van der Waals surface area contributed by atoms with E-state index in [1.54, 1.807) is 12.5 Å². The molecule has 2 amide bonds. The van der Waals surface area contributed by atoms with E-state index in [9.17, 15) is 4.79 Å². The number of aromatic nitrogens is 2. The van der Waals surface area contributed by atoms with Gasteiger partial charge in [0.25, 0.3) is 0 Å². The van der Waals surface area contributed by atoms with Crippen molar-refractivity contribution in [3.63, 3.8) is 0 Å². The lowest BCUT2D eigenvalue weighted by Crippen LogP contribution is -2.51. The normalized spacial score (nSPS) is 20.2. The third-order valence-corrected chi connectivity index (χ3v) is 3.82. The van der Waals surface area contributed by atoms with Crippen molar-refractivity contribution in [1.29, 1.82) is 0 Å². The van der Waals surface area contributed by atoms with Crippen LogP contribution in [-0.4, -0.2) is 40.9 Å². The van der Waals surface area contributed by atoms with Gasteiger partial charge in [-0.15, -0.1) is 0 Å². The highest BCUT2D eigenvalue weighted by Crippen LogP contribution is 2.20. The number of nitrogens with zero attached hydrogens (tertiary/aromatic N) is 2. The molecule has 118 valence electrons. The van der Waals surface area contributed by atoms with Crippen LogP contribution in [0.1, 0.15) is 33.6 Å². The second-order valence-electron chi connectivity index (χ2n) is 6.67. The molecule has 0 saturated carbocycles. The van der Waals surface area contributed by atoms with Gasteiger partial charge in [-0.25, -0.2) is 9.78 Å². The monoisotopic (exact) mass is 294 g/mol. The molecule has 1 aliphatic heterocycles. The van der Waals surface area contributed by atoms with Crippen LogP contribution in [0.25, 0.3) is 0 Å². The lowest BCUT2D eigenvalue weighted by molar-refractivity contribution is 0.110. The number of carbonyl (C=O) groups is 1. The average Bonchev–Trinajstić information content (AvgIpc) is 3.07. The van der Waals surface area contributed by atoms with E-state index in [4.69, 9.17) is 4.74 Å². The molecule has 6 heteroatoms. The molecule has 0 spiro atoms. The first-order valence-corrected chi connectivity index (χ1v) is 7.57. The number of amides is 2. The van der Waals surface area contributed by atoms with E-state index in [1.165, 1.54) is 0 Å². The zero-order valence-electron chi connectivity index (χ0n) is 13.1. The number of imidazole rings is 1. The maximum atomic E-state index is 12.1. The largest absolute Gasteiger partial charge is 0.376 e. The van der Waals surface area contributed by atoms with E-state index in [1.807, 2.05) is 10.8 Å². The summed E-state index contributed by atoms with van der Waals surface area (Å²) in [6.45, 7) is 8.45. The Bertz CT molecular complexity index is 433. The van der Waals surface area contributed by atoms with Crippen LogP contribution >= 0.6 is 0 Å². The third kappa shape index (κ3) is 5.04. The predicted octanol–water partition coefficient (Wildman–Crippen LogP) is 1.78. The molecule has 1 aromatic heterocycles. The summed E-state index contributed by atoms with van der Waals surface area (Å²) in [5, 5.41) is 5.97. The molecule has 6 nitrogen and oxygen atoms in total. The Balaban J connectivity index is 1.84. The van der Waals surface area contributed by atoms with Gasteiger partial charge in [-0.3, -0.25) is 0 Å². The molecule has 1 fully saturated rings. The smallest absolute Gasteiger partial charge is 0.315 e. The molecule has 0 radical (unpaired) electrons. The van der Waals surface area contributed by atoms with Crippen molar-refractivity contribution in [2.45, 2.75) is 52.3 Å². The minimum Gasteiger partial charge on any atom is -0.376 e. The van der Waals surface area contributed by atoms with Crippen LogP contribution in [0.5, 0.6) is 0 Å². The molecule has 0 aromatic carbocycles. The van der Waals surface area contributed by atoms with Crippen LogP contribution in [0, 0.1) is 5.41 Å². The molecule has 2 atom stereocenters. The van der Waals surface area contributed by atoms with Crippen molar-refractivity contribution in [2.24, 2.45) is 5.41 Å². The van der Waals surface area contributed by atoms with Crippen LogP contribution in [0.2, 0.25) is 0 Å². The second kappa shape index (κ2) is 6.93. The Hall–Kier alpha value is -1.56. The highest BCUT2D eigenvalue weighted by Gasteiger charge is 2.27. The van der Waals surface area contributed by atoms with E-state index >= 15 is 0 Å². The van der Waals surface area contributed by atoms with E-state index in [0.29, 0.717) is 13.1 Å². The molecular formula is C15H26N4O2. The Morgan fingerprint density at radius 3 is 2.90 bits per heavy atom. The number of ether oxygens (including phenoxy) is 1. The van der Waals surface area contributed by atoms with Gasteiger partial charge in [0.2, 0.25) is 0 Å². The lowest BCUT2D eigenvalue weighted by Gasteiger charge is -2.32. The van der Waals surface area contributed by atoms with Crippen LogP contribution in [0.4, 0.5) is 4.79 Å². The second-order valence-corrected chi connectivity index (χ2v) is 6.67. The molecule has 0 bridgehead atoms. The number of carbonyl (C=O) groups excluding carboxylic acids is 1. The third-order valence-electron chi connectivity index (χ3n) is 3.82. The summed E-state index contributed by atoms with van der Waals surface area (Å²) in [5.74, 6) is 0. The Morgan fingerprint density at radius 1 is 1.52 bits per heavy atom. The summed E-state index contributed by atoms with van der Waals surface area (Å²) in [7, 11) is 0. The minimum atomic E-state index is -0.134. The first-order chi connectivity index (χ1) is 9.95. The van der Waals surface area contributed by atoms with E-state index < -0.39 is 0 Å². The van der Waals surface area contributed by atoms with Gasteiger partial charge in [-0.1, -0.05) is 20.8 Å². The van der Waals surface area contributed by atoms with Crippen LogP contribution in [0.3, 0.4) is 0 Å². The fourth-order valence-corrected chi connectivity index (χ4v) is 2.36. The Labute approximate surface area is 126 Å². The summed E-state index contributed by atoms with van der Waals surface area (Å²) >= 11 is 0. The summed E-state index contributed by atoms with van der Waals surface area (Å²) < 4.78 is 7.49. The quantitative estimate of drug-likeness (QED) is 0.869. The number of nitrogens with one attached hydrogen (secondary N) is 2. The van der Waals surface area contributed by atoms with Gasteiger partial charge in [0, 0.05) is 32.1 Å². The molecule has 0 aliphatic carbocycles.